The van der Waals surface area contributed by atoms with E-state index in [0.29, 0.717) is 23.6 Å². The summed E-state index contributed by atoms with van der Waals surface area (Å²) < 4.78 is 11.1. The van der Waals surface area contributed by atoms with Crippen LogP contribution in [0.25, 0.3) is 0 Å². The van der Waals surface area contributed by atoms with Gasteiger partial charge in [0.05, 0.1) is 12.7 Å². The molecule has 0 atom stereocenters. The Morgan fingerprint density at radius 2 is 1.79 bits per heavy atom. The topological polar surface area (TPSA) is 50.8 Å². The zero-order valence-corrected chi connectivity index (χ0v) is 14.9. The van der Waals surface area contributed by atoms with Gasteiger partial charge in [-0.2, -0.15) is 0 Å². The van der Waals surface area contributed by atoms with E-state index in [1.165, 1.54) is 7.11 Å². The number of nitrogens with one attached hydrogen (secondary N) is 1. The van der Waals surface area contributed by atoms with E-state index in [1.54, 1.807) is 18.2 Å². The zero-order chi connectivity index (χ0) is 16.7. The number of hydrogen-bond acceptors (Lipinski definition) is 4. The van der Waals surface area contributed by atoms with Crippen LogP contribution >= 0.6 is 12.4 Å². The van der Waals surface area contributed by atoms with Crippen molar-refractivity contribution in [1.29, 1.82) is 0 Å². The van der Waals surface area contributed by atoms with Crippen molar-refractivity contribution in [2.24, 2.45) is 0 Å². The van der Waals surface area contributed by atoms with Gasteiger partial charge < -0.3 is 19.7 Å². The SMILES string of the molecule is COc1cc(Oc2ccccc2)ccc1C(=O)NCCN(C)C.Cl. The highest BCUT2D eigenvalue weighted by molar-refractivity contribution is 5.97. The van der Waals surface area contributed by atoms with Crippen LogP contribution in [0.15, 0.2) is 48.5 Å². The summed E-state index contributed by atoms with van der Waals surface area (Å²) in [5.41, 5.74) is 0.492. The molecule has 1 N–H and O–H groups in total. The van der Waals surface area contributed by atoms with E-state index >= 15 is 0 Å². The lowest BCUT2D eigenvalue weighted by atomic mass is 10.1. The van der Waals surface area contributed by atoms with E-state index in [0.717, 1.165) is 12.3 Å². The van der Waals surface area contributed by atoms with E-state index in [-0.39, 0.29) is 18.3 Å². The highest BCUT2D eigenvalue weighted by Crippen LogP contribution is 2.28. The second-order valence-electron chi connectivity index (χ2n) is 5.34. The third-order valence-electron chi connectivity index (χ3n) is 3.24. The van der Waals surface area contributed by atoms with Crippen LogP contribution in [-0.4, -0.2) is 45.1 Å². The minimum absolute atomic E-state index is 0. The second kappa shape index (κ2) is 9.80. The first-order chi connectivity index (χ1) is 11.1. The smallest absolute Gasteiger partial charge is 0.255 e. The van der Waals surface area contributed by atoms with Crippen molar-refractivity contribution in [1.82, 2.24) is 10.2 Å². The van der Waals surface area contributed by atoms with E-state index in [9.17, 15) is 4.79 Å². The molecule has 0 spiro atoms. The minimum Gasteiger partial charge on any atom is -0.496 e. The molecular weight excluding hydrogens is 328 g/mol. The van der Waals surface area contributed by atoms with Gasteiger partial charge in [-0.05, 0) is 38.4 Å². The number of para-hydroxylation sites is 1. The molecule has 5 nitrogen and oxygen atoms in total. The molecule has 24 heavy (non-hydrogen) atoms. The van der Waals surface area contributed by atoms with Crippen LogP contribution in [0, 0.1) is 0 Å². The molecule has 0 unspecified atom stereocenters. The summed E-state index contributed by atoms with van der Waals surface area (Å²) in [4.78, 5) is 14.2. The first-order valence-corrected chi connectivity index (χ1v) is 7.44. The number of carbonyl (C=O) groups excluding carboxylic acids is 1. The maximum atomic E-state index is 12.2. The third-order valence-corrected chi connectivity index (χ3v) is 3.24. The first-order valence-electron chi connectivity index (χ1n) is 7.44. The average molecular weight is 351 g/mol. The molecule has 2 rings (SSSR count). The van der Waals surface area contributed by atoms with E-state index in [1.807, 2.05) is 49.3 Å². The first kappa shape index (κ1) is 19.8. The van der Waals surface area contributed by atoms with Crippen LogP contribution in [0.5, 0.6) is 17.2 Å². The molecule has 130 valence electrons. The standard InChI is InChI=1S/C18H22N2O3.ClH/c1-20(2)12-11-19-18(21)16-10-9-15(13-17(16)22-3)23-14-7-5-4-6-8-14;/h4-10,13H,11-12H2,1-3H3,(H,19,21);1H. The van der Waals surface area contributed by atoms with E-state index in [4.69, 9.17) is 9.47 Å². The average Bonchev–Trinajstić information content (AvgIpc) is 2.55. The molecule has 2 aromatic rings. The van der Waals surface area contributed by atoms with Gasteiger partial charge in [0.25, 0.3) is 5.91 Å². The van der Waals surface area contributed by atoms with Gasteiger partial charge in [0, 0.05) is 19.2 Å². The number of benzene rings is 2. The molecule has 0 aliphatic carbocycles. The summed E-state index contributed by atoms with van der Waals surface area (Å²) in [6.45, 7) is 1.36. The van der Waals surface area contributed by atoms with Crippen molar-refractivity contribution in [2.75, 3.05) is 34.3 Å². The molecular formula is C18H23ClN2O3. The number of nitrogens with zero attached hydrogens (tertiary/aromatic N) is 1. The molecule has 6 heteroatoms. The second-order valence-corrected chi connectivity index (χ2v) is 5.34. The summed E-state index contributed by atoms with van der Waals surface area (Å²) in [5.74, 6) is 1.69. The Hall–Kier alpha value is -2.24. The molecule has 0 saturated heterocycles. The number of halogens is 1. The number of amides is 1. The number of rotatable bonds is 7. The van der Waals surface area contributed by atoms with Crippen molar-refractivity contribution >= 4 is 18.3 Å². The van der Waals surface area contributed by atoms with Crippen LogP contribution in [0.2, 0.25) is 0 Å². The Kier molecular flexibility index (Phi) is 8.09. The van der Waals surface area contributed by atoms with Crippen molar-refractivity contribution in [2.45, 2.75) is 0 Å². The quantitative estimate of drug-likeness (QED) is 0.833. The number of carbonyl (C=O) groups is 1. The monoisotopic (exact) mass is 350 g/mol. The number of hydrogen-bond donors (Lipinski definition) is 1. The molecule has 0 radical (unpaired) electrons. The van der Waals surface area contributed by atoms with Crippen LogP contribution in [0.4, 0.5) is 0 Å². The van der Waals surface area contributed by atoms with Gasteiger partial charge in [0.2, 0.25) is 0 Å². The van der Waals surface area contributed by atoms with Crippen LogP contribution in [0.3, 0.4) is 0 Å². The highest BCUT2D eigenvalue weighted by Gasteiger charge is 2.13. The summed E-state index contributed by atoms with van der Waals surface area (Å²) in [6, 6.07) is 14.7. The lowest BCUT2D eigenvalue weighted by molar-refractivity contribution is 0.0948. The Balaban J connectivity index is 0.00000288. The summed E-state index contributed by atoms with van der Waals surface area (Å²) in [6.07, 6.45) is 0. The van der Waals surface area contributed by atoms with Gasteiger partial charge in [0.1, 0.15) is 17.2 Å². The Morgan fingerprint density at radius 3 is 2.42 bits per heavy atom. The van der Waals surface area contributed by atoms with Gasteiger partial charge >= 0.3 is 0 Å². The van der Waals surface area contributed by atoms with Gasteiger partial charge in [0.15, 0.2) is 0 Å². The van der Waals surface area contributed by atoms with Crippen molar-refractivity contribution < 1.29 is 14.3 Å². The van der Waals surface area contributed by atoms with Gasteiger partial charge in [-0.3, -0.25) is 4.79 Å². The summed E-state index contributed by atoms with van der Waals surface area (Å²) in [5, 5.41) is 2.87. The summed E-state index contributed by atoms with van der Waals surface area (Å²) >= 11 is 0. The number of ether oxygens (including phenoxy) is 2. The van der Waals surface area contributed by atoms with E-state index in [2.05, 4.69) is 5.32 Å². The third kappa shape index (κ3) is 5.76. The Labute approximate surface area is 149 Å². The molecule has 0 fully saturated rings. The molecule has 0 aromatic heterocycles. The predicted octanol–water partition coefficient (Wildman–Crippen LogP) is 3.20. The lowest BCUT2D eigenvalue weighted by Crippen LogP contribution is -2.31. The van der Waals surface area contributed by atoms with Crippen molar-refractivity contribution in [3.8, 4) is 17.2 Å². The Morgan fingerprint density at radius 1 is 1.08 bits per heavy atom. The molecule has 1 amide bonds. The molecule has 0 heterocycles. The van der Waals surface area contributed by atoms with Gasteiger partial charge in [-0.1, -0.05) is 18.2 Å². The van der Waals surface area contributed by atoms with Gasteiger partial charge in [-0.25, -0.2) is 0 Å². The van der Waals surface area contributed by atoms with Crippen LogP contribution in [-0.2, 0) is 0 Å². The fourth-order valence-electron chi connectivity index (χ4n) is 2.04. The predicted molar refractivity (Wildman–Crippen MR) is 97.6 cm³/mol. The fraction of sp³-hybridized carbons (Fsp3) is 0.278. The summed E-state index contributed by atoms with van der Waals surface area (Å²) in [7, 11) is 5.46. The van der Waals surface area contributed by atoms with Crippen molar-refractivity contribution in [3.05, 3.63) is 54.1 Å². The number of likely N-dealkylation sites (N-methyl/N-ethyl adjacent to an activating group) is 1. The number of methoxy groups -OCH3 is 1. The normalized spacial score (nSPS) is 10.0. The van der Waals surface area contributed by atoms with Crippen molar-refractivity contribution in [3.63, 3.8) is 0 Å². The minimum atomic E-state index is -0.157. The zero-order valence-electron chi connectivity index (χ0n) is 14.1. The van der Waals surface area contributed by atoms with E-state index < -0.39 is 0 Å². The maximum Gasteiger partial charge on any atom is 0.255 e. The lowest BCUT2D eigenvalue weighted by Gasteiger charge is -2.13. The molecule has 2 aromatic carbocycles. The van der Waals surface area contributed by atoms with Crippen LogP contribution in [0.1, 0.15) is 10.4 Å². The molecule has 0 aliphatic heterocycles. The molecule has 0 aliphatic rings. The highest BCUT2D eigenvalue weighted by atomic mass is 35.5. The fourth-order valence-corrected chi connectivity index (χ4v) is 2.04. The Bertz CT molecular complexity index is 648. The maximum absolute atomic E-state index is 12.2. The van der Waals surface area contributed by atoms with Gasteiger partial charge in [-0.15, -0.1) is 12.4 Å². The largest absolute Gasteiger partial charge is 0.496 e. The van der Waals surface area contributed by atoms with Crippen LogP contribution < -0.4 is 14.8 Å². The molecule has 0 bridgehead atoms. The molecule has 0 saturated carbocycles.